The minimum Gasteiger partial charge on any atom is -0.337 e. The Morgan fingerprint density at radius 2 is 2.10 bits per heavy atom. The van der Waals surface area contributed by atoms with Gasteiger partial charge in [-0.15, -0.1) is 0 Å². The average Bonchev–Trinajstić information content (AvgIpc) is 2.97. The molecule has 1 aliphatic rings. The van der Waals surface area contributed by atoms with Crippen LogP contribution < -0.4 is 5.32 Å². The number of aromatic nitrogens is 2. The molecule has 112 valence electrons. The molecule has 0 radical (unpaired) electrons. The first-order valence-electron chi connectivity index (χ1n) is 7.20. The molecule has 0 spiro atoms. The van der Waals surface area contributed by atoms with Gasteiger partial charge in [-0.3, -0.25) is 4.90 Å². The zero-order valence-electron chi connectivity index (χ0n) is 12.3. The number of piperazine rings is 1. The maximum absolute atomic E-state index is 13.2. The topological polar surface area (TPSA) is 54.2 Å². The first-order chi connectivity index (χ1) is 10.1. The fourth-order valence-electron chi connectivity index (χ4n) is 2.62. The van der Waals surface area contributed by atoms with Crippen LogP contribution in [0.25, 0.3) is 11.4 Å². The average molecular weight is 290 g/mol. The van der Waals surface area contributed by atoms with Crippen molar-refractivity contribution < 1.29 is 8.91 Å². The molecule has 2 heterocycles. The Hall–Kier alpha value is -1.79. The van der Waals surface area contributed by atoms with Crippen LogP contribution in [0.1, 0.15) is 24.4 Å². The third kappa shape index (κ3) is 2.96. The van der Waals surface area contributed by atoms with Crippen molar-refractivity contribution in [1.29, 1.82) is 0 Å². The predicted molar refractivity (Wildman–Crippen MR) is 77.3 cm³/mol. The molecular formula is C15H19FN4O. The molecule has 0 saturated carbocycles. The first kappa shape index (κ1) is 14.2. The first-order valence-corrected chi connectivity index (χ1v) is 7.20. The Morgan fingerprint density at radius 3 is 2.81 bits per heavy atom. The second-order valence-electron chi connectivity index (χ2n) is 5.38. The van der Waals surface area contributed by atoms with Gasteiger partial charge in [0.2, 0.25) is 11.7 Å². The normalized spacial score (nSPS) is 17.9. The van der Waals surface area contributed by atoms with Gasteiger partial charge in [0.05, 0.1) is 6.04 Å². The number of aryl methyl sites for hydroxylation is 1. The maximum atomic E-state index is 13.2. The van der Waals surface area contributed by atoms with E-state index in [0.29, 0.717) is 11.7 Å². The standard InChI is InChI=1S/C15H19FN4O/c1-10-9-12(16)3-4-13(10)14-18-15(21-19-14)11(2)20-7-5-17-6-8-20/h3-4,9,11,17H,5-8H2,1-2H3. The van der Waals surface area contributed by atoms with E-state index in [0.717, 1.165) is 37.3 Å². The van der Waals surface area contributed by atoms with E-state index in [-0.39, 0.29) is 11.9 Å². The molecule has 1 atom stereocenters. The van der Waals surface area contributed by atoms with Gasteiger partial charge in [-0.05, 0) is 37.6 Å². The van der Waals surface area contributed by atoms with Crippen LogP contribution in [0.3, 0.4) is 0 Å². The summed E-state index contributed by atoms with van der Waals surface area (Å²) in [5.41, 5.74) is 1.61. The lowest BCUT2D eigenvalue weighted by Gasteiger charge is -2.30. The second-order valence-corrected chi connectivity index (χ2v) is 5.38. The molecule has 3 rings (SSSR count). The van der Waals surface area contributed by atoms with E-state index in [4.69, 9.17) is 4.52 Å². The van der Waals surface area contributed by atoms with Crippen LogP contribution >= 0.6 is 0 Å². The quantitative estimate of drug-likeness (QED) is 0.938. The van der Waals surface area contributed by atoms with E-state index >= 15 is 0 Å². The highest BCUT2D eigenvalue weighted by Gasteiger charge is 2.23. The third-order valence-corrected chi connectivity index (χ3v) is 3.93. The molecule has 1 aliphatic heterocycles. The van der Waals surface area contributed by atoms with E-state index in [2.05, 4.69) is 27.3 Å². The Morgan fingerprint density at radius 1 is 1.33 bits per heavy atom. The van der Waals surface area contributed by atoms with Crippen molar-refractivity contribution in [3.63, 3.8) is 0 Å². The molecule has 1 aromatic carbocycles. The summed E-state index contributed by atoms with van der Waals surface area (Å²) in [5, 5.41) is 7.36. The van der Waals surface area contributed by atoms with E-state index < -0.39 is 0 Å². The molecule has 5 nitrogen and oxygen atoms in total. The summed E-state index contributed by atoms with van der Waals surface area (Å²) < 4.78 is 18.6. The van der Waals surface area contributed by atoms with Crippen molar-refractivity contribution in [1.82, 2.24) is 20.4 Å². The Balaban J connectivity index is 1.82. The van der Waals surface area contributed by atoms with Crippen molar-refractivity contribution >= 4 is 0 Å². The van der Waals surface area contributed by atoms with Crippen LogP contribution in [0.2, 0.25) is 0 Å². The molecule has 2 aromatic rings. The van der Waals surface area contributed by atoms with Crippen molar-refractivity contribution in [3.8, 4) is 11.4 Å². The number of hydrogen-bond donors (Lipinski definition) is 1. The number of halogens is 1. The van der Waals surface area contributed by atoms with Gasteiger partial charge in [-0.25, -0.2) is 4.39 Å². The molecule has 6 heteroatoms. The third-order valence-electron chi connectivity index (χ3n) is 3.93. The van der Waals surface area contributed by atoms with Crippen molar-refractivity contribution in [2.24, 2.45) is 0 Å². The van der Waals surface area contributed by atoms with E-state index in [1.807, 2.05) is 6.92 Å². The molecular weight excluding hydrogens is 271 g/mol. The van der Waals surface area contributed by atoms with Crippen LogP contribution in [0.4, 0.5) is 4.39 Å². The molecule has 0 bridgehead atoms. The van der Waals surface area contributed by atoms with Crippen LogP contribution in [0.5, 0.6) is 0 Å². The van der Waals surface area contributed by atoms with Gasteiger partial charge >= 0.3 is 0 Å². The van der Waals surface area contributed by atoms with Gasteiger partial charge < -0.3 is 9.84 Å². The molecule has 0 amide bonds. The molecule has 1 aromatic heterocycles. The summed E-state index contributed by atoms with van der Waals surface area (Å²) in [5.74, 6) is 0.870. The summed E-state index contributed by atoms with van der Waals surface area (Å²) in [6.07, 6.45) is 0. The van der Waals surface area contributed by atoms with E-state index in [9.17, 15) is 4.39 Å². The minimum atomic E-state index is -0.255. The monoisotopic (exact) mass is 290 g/mol. The summed E-state index contributed by atoms with van der Waals surface area (Å²) in [6.45, 7) is 7.79. The van der Waals surface area contributed by atoms with E-state index in [1.165, 1.54) is 12.1 Å². The maximum Gasteiger partial charge on any atom is 0.244 e. The van der Waals surface area contributed by atoms with E-state index in [1.54, 1.807) is 6.07 Å². The number of nitrogens with one attached hydrogen (secondary N) is 1. The lowest BCUT2D eigenvalue weighted by molar-refractivity contribution is 0.154. The van der Waals surface area contributed by atoms with Gasteiger partial charge in [-0.1, -0.05) is 5.16 Å². The van der Waals surface area contributed by atoms with Gasteiger partial charge in [0.1, 0.15) is 5.82 Å². The van der Waals surface area contributed by atoms with Crippen LogP contribution in [-0.4, -0.2) is 41.2 Å². The van der Waals surface area contributed by atoms with Gasteiger partial charge in [0.15, 0.2) is 0 Å². The van der Waals surface area contributed by atoms with Gasteiger partial charge in [0.25, 0.3) is 0 Å². The minimum absolute atomic E-state index is 0.0918. The smallest absolute Gasteiger partial charge is 0.244 e. The van der Waals surface area contributed by atoms with Crippen molar-refractivity contribution in [3.05, 3.63) is 35.5 Å². The SMILES string of the molecule is Cc1cc(F)ccc1-c1noc(C(C)N2CCNCC2)n1. The lowest BCUT2D eigenvalue weighted by Crippen LogP contribution is -2.44. The number of benzene rings is 1. The van der Waals surface area contributed by atoms with Crippen molar-refractivity contribution in [2.45, 2.75) is 19.9 Å². The van der Waals surface area contributed by atoms with Gasteiger partial charge in [0, 0.05) is 31.7 Å². The predicted octanol–water partition coefficient (Wildman–Crippen LogP) is 2.15. The zero-order valence-corrected chi connectivity index (χ0v) is 12.3. The largest absolute Gasteiger partial charge is 0.337 e. The van der Waals surface area contributed by atoms with Crippen molar-refractivity contribution in [2.75, 3.05) is 26.2 Å². The summed E-state index contributed by atoms with van der Waals surface area (Å²) in [7, 11) is 0. The molecule has 1 N–H and O–H groups in total. The number of nitrogens with zero attached hydrogens (tertiary/aromatic N) is 3. The highest BCUT2D eigenvalue weighted by atomic mass is 19.1. The highest BCUT2D eigenvalue weighted by Crippen LogP contribution is 2.25. The Labute approximate surface area is 123 Å². The molecule has 1 unspecified atom stereocenters. The van der Waals surface area contributed by atoms with Gasteiger partial charge in [-0.2, -0.15) is 4.98 Å². The second kappa shape index (κ2) is 5.91. The molecule has 0 aliphatic carbocycles. The summed E-state index contributed by atoms with van der Waals surface area (Å²) in [6, 6.07) is 4.67. The number of hydrogen-bond acceptors (Lipinski definition) is 5. The molecule has 1 fully saturated rings. The van der Waals surface area contributed by atoms with Crippen LogP contribution in [-0.2, 0) is 0 Å². The van der Waals surface area contributed by atoms with Crippen LogP contribution in [0.15, 0.2) is 22.7 Å². The fraction of sp³-hybridized carbons (Fsp3) is 0.467. The summed E-state index contributed by atoms with van der Waals surface area (Å²) in [4.78, 5) is 6.79. The molecule has 1 saturated heterocycles. The highest BCUT2D eigenvalue weighted by molar-refractivity contribution is 5.59. The zero-order chi connectivity index (χ0) is 14.8. The van der Waals surface area contributed by atoms with Crippen LogP contribution in [0, 0.1) is 12.7 Å². The fourth-order valence-corrected chi connectivity index (χ4v) is 2.62. The lowest BCUT2D eigenvalue weighted by atomic mass is 10.1. The number of rotatable bonds is 3. The Kier molecular flexibility index (Phi) is 3.98. The molecule has 21 heavy (non-hydrogen) atoms. The Bertz CT molecular complexity index is 622. The summed E-state index contributed by atoms with van der Waals surface area (Å²) >= 11 is 0.